The van der Waals surface area contributed by atoms with Crippen LogP contribution in [0.3, 0.4) is 0 Å². The molecule has 120 valence electrons. The lowest BCUT2D eigenvalue weighted by molar-refractivity contribution is 0.112. The van der Waals surface area contributed by atoms with E-state index in [0.717, 1.165) is 34.7 Å². The summed E-state index contributed by atoms with van der Waals surface area (Å²) in [6.45, 7) is 2.06. The molecule has 0 aliphatic carbocycles. The first-order valence-electron chi connectivity index (χ1n) is 7.78. The Morgan fingerprint density at radius 1 is 0.875 bits per heavy atom. The lowest BCUT2D eigenvalue weighted by Crippen LogP contribution is -2.11. The van der Waals surface area contributed by atoms with Gasteiger partial charge in [-0.15, -0.1) is 0 Å². The van der Waals surface area contributed by atoms with E-state index in [2.05, 4.69) is 30.0 Å². The van der Waals surface area contributed by atoms with E-state index in [1.807, 2.05) is 54.6 Å². The Labute approximate surface area is 142 Å². The maximum absolute atomic E-state index is 10.9. The standard InChI is InChI=1S/C21H19NO2/c1-16-14-20(24-2)12-13-21(16)22(18-6-4-3-5-7-18)19-10-8-17(15-23)9-11-19/h3-15H,1-2H3. The summed E-state index contributed by atoms with van der Waals surface area (Å²) in [6, 6.07) is 23.8. The number of aldehydes is 1. The summed E-state index contributed by atoms with van der Waals surface area (Å²) in [7, 11) is 1.67. The lowest BCUT2D eigenvalue weighted by Gasteiger charge is -2.27. The Morgan fingerprint density at radius 3 is 2.12 bits per heavy atom. The zero-order valence-corrected chi connectivity index (χ0v) is 13.8. The SMILES string of the molecule is COc1ccc(N(c2ccccc2)c2ccc(C=O)cc2)c(C)c1. The third-order valence-electron chi connectivity index (χ3n) is 3.95. The monoisotopic (exact) mass is 317 g/mol. The Morgan fingerprint density at radius 2 is 1.54 bits per heavy atom. The van der Waals surface area contributed by atoms with Gasteiger partial charge in [0.05, 0.1) is 7.11 Å². The van der Waals surface area contributed by atoms with E-state index in [1.165, 1.54) is 0 Å². The Balaban J connectivity index is 2.13. The summed E-state index contributed by atoms with van der Waals surface area (Å²) in [4.78, 5) is 13.1. The van der Waals surface area contributed by atoms with Crippen molar-refractivity contribution in [3.05, 3.63) is 83.9 Å². The van der Waals surface area contributed by atoms with Crippen molar-refractivity contribution in [2.45, 2.75) is 6.92 Å². The second-order valence-electron chi connectivity index (χ2n) is 5.53. The van der Waals surface area contributed by atoms with Gasteiger partial charge in [-0.05, 0) is 67.1 Å². The van der Waals surface area contributed by atoms with E-state index >= 15 is 0 Å². The first-order chi connectivity index (χ1) is 11.7. The quantitative estimate of drug-likeness (QED) is 0.599. The molecular weight excluding hydrogens is 298 g/mol. The van der Waals surface area contributed by atoms with Gasteiger partial charge in [-0.25, -0.2) is 0 Å². The number of aryl methyl sites for hydroxylation is 1. The molecule has 3 rings (SSSR count). The second kappa shape index (κ2) is 7.01. The molecule has 0 aromatic heterocycles. The molecule has 0 aliphatic heterocycles. The molecule has 0 heterocycles. The molecule has 3 heteroatoms. The van der Waals surface area contributed by atoms with Crippen molar-refractivity contribution in [1.29, 1.82) is 0 Å². The summed E-state index contributed by atoms with van der Waals surface area (Å²) < 4.78 is 5.31. The van der Waals surface area contributed by atoms with Crippen LogP contribution in [0.4, 0.5) is 17.1 Å². The first-order valence-corrected chi connectivity index (χ1v) is 7.78. The number of para-hydroxylation sites is 1. The van der Waals surface area contributed by atoms with Crippen LogP contribution in [0.5, 0.6) is 5.75 Å². The van der Waals surface area contributed by atoms with E-state index in [0.29, 0.717) is 5.56 Å². The van der Waals surface area contributed by atoms with Gasteiger partial charge in [-0.1, -0.05) is 18.2 Å². The molecule has 0 atom stereocenters. The Bertz CT molecular complexity index is 826. The number of hydrogen-bond acceptors (Lipinski definition) is 3. The number of carbonyl (C=O) groups is 1. The van der Waals surface area contributed by atoms with E-state index in [1.54, 1.807) is 7.11 Å². The van der Waals surface area contributed by atoms with Crippen molar-refractivity contribution in [3.63, 3.8) is 0 Å². The van der Waals surface area contributed by atoms with E-state index in [9.17, 15) is 4.79 Å². The van der Waals surface area contributed by atoms with Crippen LogP contribution in [0.2, 0.25) is 0 Å². The number of benzene rings is 3. The molecule has 0 N–H and O–H groups in total. The third-order valence-corrected chi connectivity index (χ3v) is 3.95. The number of rotatable bonds is 5. The normalized spacial score (nSPS) is 10.2. The van der Waals surface area contributed by atoms with Crippen LogP contribution >= 0.6 is 0 Å². The minimum Gasteiger partial charge on any atom is -0.497 e. The summed E-state index contributed by atoms with van der Waals surface area (Å²) in [5, 5.41) is 0. The average molecular weight is 317 g/mol. The molecule has 0 radical (unpaired) electrons. The van der Waals surface area contributed by atoms with Crippen LogP contribution in [0.25, 0.3) is 0 Å². The third kappa shape index (κ3) is 3.15. The van der Waals surface area contributed by atoms with E-state index in [4.69, 9.17) is 4.74 Å². The predicted molar refractivity (Wildman–Crippen MR) is 97.8 cm³/mol. The molecule has 0 fully saturated rings. The van der Waals surface area contributed by atoms with Gasteiger partial charge < -0.3 is 9.64 Å². The zero-order valence-electron chi connectivity index (χ0n) is 13.8. The summed E-state index contributed by atoms with van der Waals surface area (Å²) in [6.07, 6.45) is 0.856. The van der Waals surface area contributed by atoms with E-state index < -0.39 is 0 Å². The maximum atomic E-state index is 10.9. The topological polar surface area (TPSA) is 29.5 Å². The van der Waals surface area contributed by atoms with Crippen LogP contribution < -0.4 is 9.64 Å². The second-order valence-corrected chi connectivity index (χ2v) is 5.53. The van der Waals surface area contributed by atoms with Gasteiger partial charge in [0.2, 0.25) is 0 Å². The number of nitrogens with zero attached hydrogens (tertiary/aromatic N) is 1. The highest BCUT2D eigenvalue weighted by Gasteiger charge is 2.14. The minimum atomic E-state index is 0.665. The molecule has 3 aromatic carbocycles. The van der Waals surface area contributed by atoms with E-state index in [-0.39, 0.29) is 0 Å². The highest BCUT2D eigenvalue weighted by Crippen LogP contribution is 2.37. The first kappa shape index (κ1) is 15.8. The molecule has 0 amide bonds. The number of carbonyl (C=O) groups excluding carboxylic acids is 1. The number of hydrogen-bond donors (Lipinski definition) is 0. The number of methoxy groups -OCH3 is 1. The van der Waals surface area contributed by atoms with Crippen molar-refractivity contribution < 1.29 is 9.53 Å². The minimum absolute atomic E-state index is 0.665. The largest absolute Gasteiger partial charge is 0.497 e. The summed E-state index contributed by atoms with van der Waals surface area (Å²) >= 11 is 0. The molecule has 0 saturated heterocycles. The molecule has 3 aromatic rings. The number of anilines is 3. The summed E-state index contributed by atoms with van der Waals surface area (Å²) in [5.41, 5.74) is 4.90. The van der Waals surface area contributed by atoms with Gasteiger partial charge in [-0.2, -0.15) is 0 Å². The van der Waals surface area contributed by atoms with Crippen molar-refractivity contribution in [2.24, 2.45) is 0 Å². The molecular formula is C21H19NO2. The lowest BCUT2D eigenvalue weighted by atomic mass is 10.1. The van der Waals surface area contributed by atoms with Gasteiger partial charge in [0.1, 0.15) is 12.0 Å². The van der Waals surface area contributed by atoms with Crippen LogP contribution in [0, 0.1) is 6.92 Å². The highest BCUT2D eigenvalue weighted by atomic mass is 16.5. The van der Waals surface area contributed by atoms with Gasteiger partial charge in [0, 0.05) is 22.6 Å². The van der Waals surface area contributed by atoms with Crippen LogP contribution in [-0.4, -0.2) is 13.4 Å². The summed E-state index contributed by atoms with van der Waals surface area (Å²) in [5.74, 6) is 0.834. The molecule has 0 aliphatic rings. The maximum Gasteiger partial charge on any atom is 0.150 e. The molecule has 24 heavy (non-hydrogen) atoms. The Hall–Kier alpha value is -3.07. The molecule has 0 bridgehead atoms. The van der Waals surface area contributed by atoms with Gasteiger partial charge >= 0.3 is 0 Å². The Kier molecular flexibility index (Phi) is 4.62. The smallest absolute Gasteiger partial charge is 0.150 e. The van der Waals surface area contributed by atoms with Crippen molar-refractivity contribution in [1.82, 2.24) is 0 Å². The van der Waals surface area contributed by atoms with Crippen molar-refractivity contribution in [3.8, 4) is 5.75 Å². The van der Waals surface area contributed by atoms with Gasteiger partial charge in [-0.3, -0.25) is 4.79 Å². The fourth-order valence-corrected chi connectivity index (χ4v) is 2.71. The van der Waals surface area contributed by atoms with Crippen LogP contribution in [0.1, 0.15) is 15.9 Å². The van der Waals surface area contributed by atoms with Crippen molar-refractivity contribution >= 4 is 23.3 Å². The zero-order chi connectivity index (χ0) is 16.9. The van der Waals surface area contributed by atoms with Crippen LogP contribution in [0.15, 0.2) is 72.8 Å². The highest BCUT2D eigenvalue weighted by molar-refractivity contribution is 5.81. The molecule has 0 saturated carbocycles. The molecule has 0 unspecified atom stereocenters. The van der Waals surface area contributed by atoms with Crippen LogP contribution in [-0.2, 0) is 0 Å². The number of ether oxygens (including phenoxy) is 1. The fraction of sp³-hybridized carbons (Fsp3) is 0.0952. The fourth-order valence-electron chi connectivity index (χ4n) is 2.71. The molecule has 0 spiro atoms. The average Bonchev–Trinajstić information content (AvgIpc) is 2.64. The van der Waals surface area contributed by atoms with Crippen molar-refractivity contribution in [2.75, 3.05) is 12.0 Å². The van der Waals surface area contributed by atoms with Gasteiger partial charge in [0.25, 0.3) is 0 Å². The predicted octanol–water partition coefficient (Wildman–Crippen LogP) is 5.29. The molecule has 3 nitrogen and oxygen atoms in total. The van der Waals surface area contributed by atoms with Gasteiger partial charge in [0.15, 0.2) is 0 Å².